The van der Waals surface area contributed by atoms with Gasteiger partial charge < -0.3 is 4.84 Å². The largest absolute Gasteiger partial charge is 0.434 e. The first-order chi connectivity index (χ1) is 5.96. The van der Waals surface area contributed by atoms with Crippen LogP contribution in [-0.4, -0.2) is 11.8 Å². The molecule has 0 atom stereocenters. The van der Waals surface area contributed by atoms with E-state index in [4.69, 9.17) is 0 Å². The molecular weight excluding hydrogens is 187 g/mol. The summed E-state index contributed by atoms with van der Waals surface area (Å²) in [5.74, 6) is 0. The van der Waals surface area contributed by atoms with E-state index >= 15 is 0 Å². The summed E-state index contributed by atoms with van der Waals surface area (Å²) in [6.07, 6.45) is -4.61. The first-order valence-electron chi connectivity index (χ1n) is 3.22. The van der Waals surface area contributed by atoms with Gasteiger partial charge in [0.2, 0.25) is 0 Å². The third-order valence-corrected chi connectivity index (χ3v) is 1.32. The Labute approximate surface area is 71.3 Å². The van der Waals surface area contributed by atoms with E-state index in [1.807, 2.05) is 6.07 Å². The van der Waals surface area contributed by atoms with Crippen molar-refractivity contribution in [2.45, 2.75) is 6.18 Å². The van der Waals surface area contributed by atoms with Gasteiger partial charge in [-0.25, -0.2) is 0 Å². The fraction of sp³-hybridized carbons (Fsp3) is 0.286. The van der Waals surface area contributed by atoms with Crippen LogP contribution in [-0.2, 0) is 6.18 Å². The van der Waals surface area contributed by atoms with Crippen molar-refractivity contribution in [3.05, 3.63) is 34.2 Å². The Balaban J connectivity index is 3.38. The number of halogens is 3. The van der Waals surface area contributed by atoms with Gasteiger partial charge in [-0.1, -0.05) is 0 Å². The number of alkyl halides is 3. The number of pyridine rings is 1. The second-order valence-corrected chi connectivity index (χ2v) is 2.14. The Morgan fingerprint density at radius 1 is 1.54 bits per heavy atom. The Morgan fingerprint density at radius 2 is 2.15 bits per heavy atom. The van der Waals surface area contributed by atoms with E-state index in [1.165, 1.54) is 0 Å². The van der Waals surface area contributed by atoms with Crippen molar-refractivity contribution in [1.82, 2.24) is 4.73 Å². The smallest absolute Gasteiger partial charge is 0.413 e. The van der Waals surface area contributed by atoms with Crippen LogP contribution in [0.15, 0.2) is 16.9 Å². The van der Waals surface area contributed by atoms with E-state index in [0.717, 1.165) is 13.2 Å². The highest BCUT2D eigenvalue weighted by atomic mass is 19.4. The maximum absolute atomic E-state index is 12.2. The summed E-state index contributed by atoms with van der Waals surface area (Å²) < 4.78 is 36.6. The molecule has 0 aromatic carbocycles. The first-order valence-corrected chi connectivity index (χ1v) is 3.22. The highest BCUT2D eigenvalue weighted by molar-refractivity contribution is 5.07. The fourth-order valence-corrected chi connectivity index (χ4v) is 0.819. The molecule has 1 aromatic rings. The summed E-state index contributed by atoms with van der Waals surface area (Å²) in [4.78, 5) is 15.1. The van der Waals surface area contributed by atoms with E-state index in [1.54, 1.807) is 0 Å². The Kier molecular flexibility index (Phi) is 2.31. The van der Waals surface area contributed by atoms with Crippen LogP contribution in [0.5, 0.6) is 0 Å². The number of hydrogen-bond acceptors (Lipinski definition) is 2. The molecule has 0 aliphatic rings. The molecule has 6 heteroatoms. The molecule has 0 aliphatic carbocycles. The number of rotatable bonds is 1. The van der Waals surface area contributed by atoms with Crippen LogP contribution in [0.25, 0.3) is 0 Å². The van der Waals surface area contributed by atoms with E-state index in [9.17, 15) is 18.0 Å². The summed E-state index contributed by atoms with van der Waals surface area (Å²) in [5.41, 5.74) is -2.13. The standard InChI is InChI=1S/C7H5F3NO2/c1-13-11-5(7(8,9)10)3-2-4-6(11)12/h2-3H,1H3. The Morgan fingerprint density at radius 3 is 2.54 bits per heavy atom. The monoisotopic (exact) mass is 192 g/mol. The van der Waals surface area contributed by atoms with Crippen molar-refractivity contribution in [2.75, 3.05) is 7.11 Å². The van der Waals surface area contributed by atoms with Gasteiger partial charge in [0.05, 0.1) is 6.07 Å². The Hall–Kier alpha value is -1.46. The molecule has 0 unspecified atom stereocenters. The van der Waals surface area contributed by atoms with Crippen LogP contribution in [0.4, 0.5) is 13.2 Å². The average Bonchev–Trinajstić information content (AvgIpc) is 2.02. The molecule has 0 aliphatic heterocycles. The lowest BCUT2D eigenvalue weighted by Gasteiger charge is -2.11. The fourth-order valence-electron chi connectivity index (χ4n) is 0.819. The van der Waals surface area contributed by atoms with E-state index < -0.39 is 17.4 Å². The molecule has 0 fully saturated rings. The van der Waals surface area contributed by atoms with Crippen molar-refractivity contribution >= 4 is 0 Å². The van der Waals surface area contributed by atoms with Gasteiger partial charge in [0.25, 0.3) is 5.56 Å². The molecular formula is C7H5F3NO2. The normalized spacial score (nSPS) is 11.4. The SMILES string of the molecule is COn1c(C(F)(F)F)cc[c]c1=O. The average molecular weight is 192 g/mol. The maximum atomic E-state index is 12.2. The molecule has 0 amide bonds. The molecule has 0 bridgehead atoms. The van der Waals surface area contributed by atoms with Crippen LogP contribution in [0.1, 0.15) is 5.69 Å². The molecule has 0 N–H and O–H groups in total. The van der Waals surface area contributed by atoms with Crippen LogP contribution in [0, 0.1) is 6.07 Å². The lowest BCUT2D eigenvalue weighted by atomic mass is 10.3. The molecule has 0 saturated heterocycles. The second-order valence-electron chi connectivity index (χ2n) is 2.14. The minimum atomic E-state index is -4.61. The zero-order chi connectivity index (χ0) is 10.1. The highest BCUT2D eigenvalue weighted by Gasteiger charge is 2.35. The zero-order valence-electron chi connectivity index (χ0n) is 6.55. The third kappa shape index (κ3) is 1.82. The van der Waals surface area contributed by atoms with E-state index in [0.29, 0.717) is 6.07 Å². The van der Waals surface area contributed by atoms with Crippen molar-refractivity contribution in [2.24, 2.45) is 0 Å². The predicted octanol–water partition coefficient (Wildman–Crippen LogP) is 0.726. The van der Waals surface area contributed by atoms with Crippen molar-refractivity contribution in [1.29, 1.82) is 0 Å². The Bertz CT molecular complexity index is 355. The summed E-state index contributed by atoms with van der Waals surface area (Å²) in [6.45, 7) is 0. The zero-order valence-corrected chi connectivity index (χ0v) is 6.55. The number of nitrogens with zero attached hydrogens (tertiary/aromatic N) is 1. The number of aromatic nitrogens is 1. The minimum absolute atomic E-state index is 0.139. The molecule has 0 spiro atoms. The predicted molar refractivity (Wildman–Crippen MR) is 37.0 cm³/mol. The minimum Gasteiger partial charge on any atom is -0.413 e. The number of hydrogen-bond donors (Lipinski definition) is 0. The van der Waals surface area contributed by atoms with Crippen LogP contribution in [0.3, 0.4) is 0 Å². The first kappa shape index (κ1) is 9.63. The highest BCUT2D eigenvalue weighted by Crippen LogP contribution is 2.27. The lowest BCUT2D eigenvalue weighted by molar-refractivity contribution is -0.151. The van der Waals surface area contributed by atoms with Gasteiger partial charge >= 0.3 is 6.18 Å². The van der Waals surface area contributed by atoms with Gasteiger partial charge in [0.1, 0.15) is 7.11 Å². The van der Waals surface area contributed by atoms with Crippen molar-refractivity contribution in [3.63, 3.8) is 0 Å². The van der Waals surface area contributed by atoms with Gasteiger partial charge in [-0.2, -0.15) is 13.2 Å². The maximum Gasteiger partial charge on any atom is 0.434 e. The molecule has 71 valence electrons. The van der Waals surface area contributed by atoms with Crippen LogP contribution < -0.4 is 10.4 Å². The topological polar surface area (TPSA) is 31.2 Å². The van der Waals surface area contributed by atoms with Crippen molar-refractivity contribution < 1.29 is 18.0 Å². The molecule has 1 radical (unpaired) electrons. The van der Waals surface area contributed by atoms with Crippen LogP contribution in [0.2, 0.25) is 0 Å². The van der Waals surface area contributed by atoms with Gasteiger partial charge in [-0.15, -0.1) is 4.73 Å². The molecule has 1 rings (SSSR count). The quantitative estimate of drug-likeness (QED) is 0.656. The lowest BCUT2D eigenvalue weighted by Crippen LogP contribution is -2.31. The third-order valence-electron chi connectivity index (χ3n) is 1.32. The summed E-state index contributed by atoms with van der Waals surface area (Å²) in [6, 6.07) is 3.66. The summed E-state index contributed by atoms with van der Waals surface area (Å²) in [5, 5.41) is 0. The van der Waals surface area contributed by atoms with E-state index in [2.05, 4.69) is 4.84 Å². The van der Waals surface area contributed by atoms with Gasteiger partial charge in [0.15, 0.2) is 5.69 Å². The summed E-state index contributed by atoms with van der Waals surface area (Å²) >= 11 is 0. The van der Waals surface area contributed by atoms with E-state index in [-0.39, 0.29) is 4.73 Å². The van der Waals surface area contributed by atoms with Gasteiger partial charge in [0, 0.05) is 0 Å². The molecule has 0 saturated carbocycles. The molecule has 1 aromatic heterocycles. The molecule has 13 heavy (non-hydrogen) atoms. The second kappa shape index (κ2) is 3.12. The summed E-state index contributed by atoms with van der Waals surface area (Å²) in [7, 11) is 0.977. The van der Waals surface area contributed by atoms with Gasteiger partial charge in [-0.3, -0.25) is 4.79 Å². The van der Waals surface area contributed by atoms with Crippen molar-refractivity contribution in [3.8, 4) is 0 Å². The van der Waals surface area contributed by atoms with Crippen LogP contribution >= 0.6 is 0 Å². The molecule has 1 heterocycles. The molecule has 3 nitrogen and oxygen atoms in total. The van der Waals surface area contributed by atoms with Gasteiger partial charge in [-0.05, 0) is 12.1 Å².